The van der Waals surface area contributed by atoms with Crippen LogP contribution >= 0.6 is 31.9 Å². The molecular weight excluding hydrogens is 474 g/mol. The van der Waals surface area contributed by atoms with Crippen molar-refractivity contribution in [2.75, 3.05) is 0 Å². The lowest BCUT2D eigenvalue weighted by Crippen LogP contribution is -1.81. The summed E-state index contributed by atoms with van der Waals surface area (Å²) in [4.78, 5) is 0. The minimum absolute atomic E-state index is 0.295. The van der Waals surface area contributed by atoms with Crippen LogP contribution in [-0.4, -0.2) is 0 Å². The van der Waals surface area contributed by atoms with Crippen LogP contribution in [0.3, 0.4) is 0 Å². The predicted molar refractivity (Wildman–Crippen MR) is 116 cm³/mol. The number of hydrogen-bond acceptors (Lipinski definition) is 0. The van der Waals surface area contributed by atoms with Crippen LogP contribution < -0.4 is 0 Å². The van der Waals surface area contributed by atoms with Gasteiger partial charge in [0.25, 0.3) is 0 Å². The van der Waals surface area contributed by atoms with Gasteiger partial charge in [-0.25, -0.2) is 8.78 Å². The second-order valence-corrected chi connectivity index (χ2v) is 7.13. The first kappa shape index (κ1) is 23.4. The van der Waals surface area contributed by atoms with Crippen molar-refractivity contribution < 1.29 is 8.78 Å². The van der Waals surface area contributed by atoms with Gasteiger partial charge in [0.1, 0.15) is 11.6 Å². The molecule has 0 radical (unpaired) electrons. The van der Waals surface area contributed by atoms with Gasteiger partial charge in [-0.1, -0.05) is 44.0 Å². The van der Waals surface area contributed by atoms with E-state index in [0.717, 1.165) is 32.1 Å². The standard InChI is InChI=1S/C21H16Br2F2.C2H6/c22-18-12-10-16(14-20(18)24)8-6-4-2-1-3-5-7-9-17-11-13-19(23)21(25)15-17;1-2/h10-15H,1-5H2;1-2H3. The fraction of sp³-hybridized carbons (Fsp3) is 0.304. The molecule has 2 aromatic rings. The van der Waals surface area contributed by atoms with Gasteiger partial charge in [-0.3, -0.25) is 0 Å². The number of unbranched alkanes of at least 4 members (excludes halogenated alkanes) is 4. The van der Waals surface area contributed by atoms with Crippen LogP contribution in [0.15, 0.2) is 45.3 Å². The molecule has 0 fully saturated rings. The lowest BCUT2D eigenvalue weighted by atomic mass is 10.1. The van der Waals surface area contributed by atoms with Crippen LogP contribution in [0, 0.1) is 35.3 Å². The van der Waals surface area contributed by atoms with Crippen molar-refractivity contribution >= 4 is 31.9 Å². The quantitative estimate of drug-likeness (QED) is 0.299. The summed E-state index contributed by atoms with van der Waals surface area (Å²) in [6.45, 7) is 4.00. The van der Waals surface area contributed by atoms with Crippen molar-refractivity contribution in [3.63, 3.8) is 0 Å². The summed E-state index contributed by atoms with van der Waals surface area (Å²) in [5, 5.41) is 0. The fourth-order valence-electron chi connectivity index (χ4n) is 2.08. The topological polar surface area (TPSA) is 0 Å². The largest absolute Gasteiger partial charge is 0.206 e. The summed E-state index contributed by atoms with van der Waals surface area (Å²) in [5.74, 6) is 11.5. The first-order valence-electron chi connectivity index (χ1n) is 8.94. The Labute approximate surface area is 178 Å². The zero-order valence-electron chi connectivity index (χ0n) is 15.5. The highest BCUT2D eigenvalue weighted by atomic mass is 79.9. The molecule has 0 atom stereocenters. The number of rotatable bonds is 4. The molecule has 4 heteroatoms. The highest BCUT2D eigenvalue weighted by molar-refractivity contribution is 9.10. The minimum atomic E-state index is -0.295. The highest BCUT2D eigenvalue weighted by Gasteiger charge is 1.98. The number of halogens is 4. The molecule has 0 heterocycles. The lowest BCUT2D eigenvalue weighted by molar-refractivity contribution is 0.620. The van der Waals surface area contributed by atoms with Gasteiger partial charge in [0.2, 0.25) is 0 Å². The zero-order chi connectivity index (χ0) is 20.1. The zero-order valence-corrected chi connectivity index (χ0v) is 18.7. The molecule has 0 amide bonds. The van der Waals surface area contributed by atoms with Crippen molar-refractivity contribution in [3.8, 4) is 23.7 Å². The van der Waals surface area contributed by atoms with Crippen LogP contribution in [0.1, 0.15) is 57.1 Å². The van der Waals surface area contributed by atoms with Crippen LogP contribution in [0.5, 0.6) is 0 Å². The first-order chi connectivity index (χ1) is 13.1. The molecule has 0 nitrogen and oxygen atoms in total. The summed E-state index contributed by atoms with van der Waals surface area (Å²) >= 11 is 6.24. The SMILES string of the molecule is CC.Fc1cc(C#CCCCCCC#Cc2ccc(Br)c(F)c2)ccc1Br. The molecule has 0 aliphatic carbocycles. The van der Waals surface area contributed by atoms with E-state index in [2.05, 4.69) is 55.5 Å². The summed E-state index contributed by atoms with van der Waals surface area (Å²) in [7, 11) is 0. The van der Waals surface area contributed by atoms with Gasteiger partial charge in [0.05, 0.1) is 8.95 Å². The molecular formula is C23H22Br2F2. The van der Waals surface area contributed by atoms with Crippen LogP contribution in [-0.2, 0) is 0 Å². The molecule has 2 aromatic carbocycles. The molecule has 0 saturated heterocycles. The normalized spacial score (nSPS) is 9.26. The van der Waals surface area contributed by atoms with E-state index in [9.17, 15) is 8.78 Å². The van der Waals surface area contributed by atoms with Gasteiger partial charge in [-0.2, -0.15) is 0 Å². The molecule has 0 saturated carbocycles. The van der Waals surface area contributed by atoms with Crippen LogP contribution in [0.4, 0.5) is 8.78 Å². The van der Waals surface area contributed by atoms with Gasteiger partial charge in [-0.05, 0) is 81.1 Å². The summed E-state index contributed by atoms with van der Waals surface area (Å²) < 4.78 is 27.6. The van der Waals surface area contributed by atoms with Crippen molar-refractivity contribution in [2.24, 2.45) is 0 Å². The first-order valence-corrected chi connectivity index (χ1v) is 10.5. The number of benzene rings is 2. The molecule has 142 valence electrons. The minimum Gasteiger partial charge on any atom is -0.206 e. The van der Waals surface area contributed by atoms with E-state index in [1.807, 2.05) is 13.8 Å². The Balaban J connectivity index is 0.00000176. The van der Waals surface area contributed by atoms with E-state index in [-0.39, 0.29) is 11.6 Å². The molecule has 0 unspecified atom stereocenters. The van der Waals surface area contributed by atoms with E-state index < -0.39 is 0 Å². The molecule has 0 aromatic heterocycles. The average molecular weight is 496 g/mol. The van der Waals surface area contributed by atoms with Crippen molar-refractivity contribution in [2.45, 2.75) is 46.0 Å². The molecule has 0 aliphatic rings. The third-order valence-electron chi connectivity index (χ3n) is 3.41. The second kappa shape index (κ2) is 13.5. The molecule has 0 N–H and O–H groups in total. The molecule has 0 aliphatic heterocycles. The average Bonchev–Trinajstić information content (AvgIpc) is 2.67. The van der Waals surface area contributed by atoms with E-state index in [4.69, 9.17) is 0 Å². The van der Waals surface area contributed by atoms with E-state index in [1.165, 1.54) is 12.1 Å². The fourth-order valence-corrected chi connectivity index (χ4v) is 2.57. The highest BCUT2D eigenvalue weighted by Crippen LogP contribution is 2.16. The van der Waals surface area contributed by atoms with Gasteiger partial charge >= 0.3 is 0 Å². The summed E-state index contributed by atoms with van der Waals surface area (Å²) in [6, 6.07) is 9.77. The molecule has 0 spiro atoms. The Bertz CT molecular complexity index is 781. The lowest BCUT2D eigenvalue weighted by Gasteiger charge is -1.95. The Morgan fingerprint density at radius 3 is 1.48 bits per heavy atom. The Hall–Kier alpha value is -1.62. The van der Waals surface area contributed by atoms with Gasteiger partial charge in [0.15, 0.2) is 0 Å². The van der Waals surface area contributed by atoms with E-state index >= 15 is 0 Å². The Morgan fingerprint density at radius 1 is 0.704 bits per heavy atom. The van der Waals surface area contributed by atoms with Crippen LogP contribution in [0.25, 0.3) is 0 Å². The molecule has 27 heavy (non-hydrogen) atoms. The second-order valence-electron chi connectivity index (χ2n) is 5.42. The summed E-state index contributed by atoms with van der Waals surface area (Å²) in [6.07, 6.45) is 4.57. The van der Waals surface area contributed by atoms with Crippen LogP contribution in [0.2, 0.25) is 0 Å². The van der Waals surface area contributed by atoms with Crippen molar-refractivity contribution in [3.05, 3.63) is 68.1 Å². The monoisotopic (exact) mass is 494 g/mol. The van der Waals surface area contributed by atoms with Crippen molar-refractivity contribution in [1.82, 2.24) is 0 Å². The van der Waals surface area contributed by atoms with E-state index in [0.29, 0.717) is 20.1 Å². The summed E-state index contributed by atoms with van der Waals surface area (Å²) in [5.41, 5.74) is 1.38. The van der Waals surface area contributed by atoms with Gasteiger partial charge in [0, 0.05) is 24.0 Å². The maximum Gasteiger partial charge on any atom is 0.138 e. The number of hydrogen-bond donors (Lipinski definition) is 0. The predicted octanol–water partition coefficient (Wildman–Crippen LogP) is 7.87. The van der Waals surface area contributed by atoms with Crippen molar-refractivity contribution in [1.29, 1.82) is 0 Å². The van der Waals surface area contributed by atoms with E-state index in [1.54, 1.807) is 24.3 Å². The van der Waals surface area contributed by atoms with Gasteiger partial charge < -0.3 is 0 Å². The third kappa shape index (κ3) is 9.23. The Morgan fingerprint density at radius 2 is 1.11 bits per heavy atom. The molecule has 0 bridgehead atoms. The maximum atomic E-state index is 13.3. The van der Waals surface area contributed by atoms with Gasteiger partial charge in [-0.15, -0.1) is 0 Å². The maximum absolute atomic E-state index is 13.3. The smallest absolute Gasteiger partial charge is 0.138 e. The Kier molecular flexibility index (Phi) is 11.7. The third-order valence-corrected chi connectivity index (χ3v) is 4.69. The molecule has 2 rings (SSSR count).